The van der Waals surface area contributed by atoms with Gasteiger partial charge in [-0.3, -0.25) is 14.4 Å². The molecular weight excluding hydrogens is 294 g/mol. The summed E-state index contributed by atoms with van der Waals surface area (Å²) in [6.07, 6.45) is 7.05. The SMILES string of the molecule is C=CC1CC1(NC=O)C(=O)N1CCCC1C(=O)NC1C[C@H]1C=C. The van der Waals surface area contributed by atoms with Gasteiger partial charge in [-0.25, -0.2) is 0 Å². The first-order valence-corrected chi connectivity index (χ1v) is 8.15. The van der Waals surface area contributed by atoms with E-state index in [1.54, 1.807) is 11.0 Å². The Morgan fingerprint density at radius 1 is 1.26 bits per heavy atom. The lowest BCUT2D eigenvalue weighted by Crippen LogP contribution is -2.54. The molecule has 0 radical (unpaired) electrons. The van der Waals surface area contributed by atoms with Crippen LogP contribution in [0.3, 0.4) is 0 Å². The molecule has 2 N–H and O–H groups in total. The molecule has 0 aromatic rings. The number of hydrogen-bond donors (Lipinski definition) is 2. The minimum absolute atomic E-state index is 0.0573. The van der Waals surface area contributed by atoms with Crippen molar-refractivity contribution in [3.8, 4) is 0 Å². The molecule has 4 unspecified atom stereocenters. The topological polar surface area (TPSA) is 78.5 Å². The second-order valence-electron chi connectivity index (χ2n) is 6.69. The number of carbonyl (C=O) groups excluding carboxylic acids is 3. The Balaban J connectivity index is 1.67. The molecule has 1 saturated heterocycles. The zero-order valence-electron chi connectivity index (χ0n) is 13.2. The van der Waals surface area contributed by atoms with Gasteiger partial charge in [-0.1, -0.05) is 12.2 Å². The van der Waals surface area contributed by atoms with Crippen LogP contribution < -0.4 is 10.6 Å². The van der Waals surface area contributed by atoms with E-state index in [0.29, 0.717) is 31.7 Å². The summed E-state index contributed by atoms with van der Waals surface area (Å²) in [5.74, 6) is 0.0321. The fourth-order valence-electron chi connectivity index (χ4n) is 3.61. The first kappa shape index (κ1) is 15.8. The highest BCUT2D eigenvalue weighted by Crippen LogP contribution is 2.46. The molecule has 0 spiro atoms. The van der Waals surface area contributed by atoms with Crippen molar-refractivity contribution in [1.82, 2.24) is 15.5 Å². The number of nitrogens with one attached hydrogen (secondary N) is 2. The lowest BCUT2D eigenvalue weighted by atomic mass is 10.1. The van der Waals surface area contributed by atoms with Gasteiger partial charge in [0.2, 0.25) is 18.2 Å². The first-order chi connectivity index (χ1) is 11.1. The summed E-state index contributed by atoms with van der Waals surface area (Å²) in [5.41, 5.74) is -0.893. The van der Waals surface area contributed by atoms with Crippen molar-refractivity contribution >= 4 is 18.2 Å². The predicted octanol–water partition coefficient (Wildman–Crippen LogP) is 0.359. The van der Waals surface area contributed by atoms with Crippen LogP contribution in [0.1, 0.15) is 25.7 Å². The van der Waals surface area contributed by atoms with Crippen molar-refractivity contribution < 1.29 is 14.4 Å². The van der Waals surface area contributed by atoms with E-state index in [-0.39, 0.29) is 23.8 Å². The largest absolute Gasteiger partial charge is 0.351 e. The van der Waals surface area contributed by atoms with E-state index in [4.69, 9.17) is 0 Å². The van der Waals surface area contributed by atoms with Crippen molar-refractivity contribution in [3.05, 3.63) is 25.3 Å². The molecule has 124 valence electrons. The summed E-state index contributed by atoms with van der Waals surface area (Å²) < 4.78 is 0. The van der Waals surface area contributed by atoms with Gasteiger partial charge in [0.25, 0.3) is 0 Å². The fourth-order valence-corrected chi connectivity index (χ4v) is 3.61. The molecule has 0 bridgehead atoms. The fraction of sp³-hybridized carbons (Fsp3) is 0.588. The third kappa shape index (κ3) is 2.66. The molecule has 3 amide bonds. The maximum absolute atomic E-state index is 12.9. The Hall–Kier alpha value is -2.11. The summed E-state index contributed by atoms with van der Waals surface area (Å²) in [7, 11) is 0. The van der Waals surface area contributed by atoms with Crippen LogP contribution in [0.4, 0.5) is 0 Å². The highest BCUT2D eigenvalue weighted by Gasteiger charge is 2.61. The second kappa shape index (κ2) is 5.83. The first-order valence-electron chi connectivity index (χ1n) is 8.15. The second-order valence-corrected chi connectivity index (χ2v) is 6.69. The zero-order valence-corrected chi connectivity index (χ0v) is 13.2. The molecule has 23 heavy (non-hydrogen) atoms. The number of nitrogens with zero attached hydrogens (tertiary/aromatic N) is 1. The van der Waals surface area contributed by atoms with Crippen LogP contribution in [0.25, 0.3) is 0 Å². The van der Waals surface area contributed by atoms with E-state index in [1.807, 2.05) is 6.08 Å². The number of amides is 3. The molecule has 3 aliphatic rings. The summed E-state index contributed by atoms with van der Waals surface area (Å²) >= 11 is 0. The van der Waals surface area contributed by atoms with E-state index < -0.39 is 11.6 Å². The van der Waals surface area contributed by atoms with Crippen molar-refractivity contribution in [2.45, 2.75) is 43.3 Å². The summed E-state index contributed by atoms with van der Waals surface area (Å²) in [5, 5.41) is 5.65. The molecule has 3 fully saturated rings. The van der Waals surface area contributed by atoms with Gasteiger partial charge in [0.1, 0.15) is 11.6 Å². The number of rotatable bonds is 7. The molecule has 0 aromatic heterocycles. The number of hydrogen-bond acceptors (Lipinski definition) is 3. The standard InChI is InChI=1S/C17H23N3O3/c1-3-11-8-13(11)19-15(22)14-6-5-7-20(14)16(23)17(18-10-21)9-12(17)4-2/h3-4,10-14H,1-2,5-9H2,(H,18,21)(H,19,22)/t11-,12?,13?,14?,17?/m1/s1. The smallest absolute Gasteiger partial charge is 0.249 e. The van der Waals surface area contributed by atoms with E-state index in [0.717, 1.165) is 12.8 Å². The van der Waals surface area contributed by atoms with Gasteiger partial charge in [-0.2, -0.15) is 0 Å². The van der Waals surface area contributed by atoms with E-state index in [2.05, 4.69) is 23.8 Å². The van der Waals surface area contributed by atoms with Gasteiger partial charge in [-0.05, 0) is 31.6 Å². The summed E-state index contributed by atoms with van der Waals surface area (Å²) in [6.45, 7) is 8.00. The number of carbonyl (C=O) groups is 3. The van der Waals surface area contributed by atoms with E-state index in [9.17, 15) is 14.4 Å². The van der Waals surface area contributed by atoms with Gasteiger partial charge in [0.05, 0.1) is 0 Å². The highest BCUT2D eigenvalue weighted by molar-refractivity contribution is 5.96. The minimum Gasteiger partial charge on any atom is -0.351 e. The Bertz CT molecular complexity index is 561. The van der Waals surface area contributed by atoms with E-state index >= 15 is 0 Å². The average molecular weight is 317 g/mol. The molecular formula is C17H23N3O3. The lowest BCUT2D eigenvalue weighted by Gasteiger charge is -2.28. The molecule has 1 aliphatic heterocycles. The van der Waals surface area contributed by atoms with Crippen LogP contribution in [0.5, 0.6) is 0 Å². The maximum Gasteiger partial charge on any atom is 0.249 e. The van der Waals surface area contributed by atoms with Crippen LogP contribution in [-0.4, -0.2) is 47.3 Å². The van der Waals surface area contributed by atoms with Gasteiger partial charge in [0, 0.05) is 18.5 Å². The Morgan fingerprint density at radius 2 is 2.04 bits per heavy atom. The lowest BCUT2D eigenvalue weighted by molar-refractivity contribution is -0.141. The molecule has 0 aromatic carbocycles. The van der Waals surface area contributed by atoms with Crippen LogP contribution in [-0.2, 0) is 14.4 Å². The minimum atomic E-state index is -0.893. The van der Waals surface area contributed by atoms with Gasteiger partial charge >= 0.3 is 0 Å². The highest BCUT2D eigenvalue weighted by atomic mass is 16.2. The van der Waals surface area contributed by atoms with Gasteiger partial charge in [-0.15, -0.1) is 13.2 Å². The average Bonchev–Trinajstić information content (AvgIpc) is 3.40. The third-order valence-corrected chi connectivity index (χ3v) is 5.28. The Kier molecular flexibility index (Phi) is 4.00. The Labute approximate surface area is 136 Å². The normalized spacial score (nSPS) is 37.7. The molecule has 2 aliphatic carbocycles. The zero-order chi connectivity index (χ0) is 16.6. The quantitative estimate of drug-likeness (QED) is 0.526. The monoisotopic (exact) mass is 317 g/mol. The van der Waals surface area contributed by atoms with Gasteiger partial charge < -0.3 is 15.5 Å². The predicted molar refractivity (Wildman–Crippen MR) is 85.2 cm³/mol. The van der Waals surface area contributed by atoms with Crippen LogP contribution in [0.2, 0.25) is 0 Å². The van der Waals surface area contributed by atoms with E-state index in [1.165, 1.54) is 0 Å². The molecule has 5 atom stereocenters. The number of likely N-dealkylation sites (tertiary alicyclic amines) is 1. The summed E-state index contributed by atoms with van der Waals surface area (Å²) in [6, 6.07) is -0.286. The van der Waals surface area contributed by atoms with Crippen molar-refractivity contribution in [3.63, 3.8) is 0 Å². The summed E-state index contributed by atoms with van der Waals surface area (Å²) in [4.78, 5) is 37.9. The van der Waals surface area contributed by atoms with Crippen LogP contribution in [0.15, 0.2) is 25.3 Å². The molecule has 1 heterocycles. The van der Waals surface area contributed by atoms with Crippen LogP contribution >= 0.6 is 0 Å². The van der Waals surface area contributed by atoms with Crippen molar-refractivity contribution in [2.24, 2.45) is 11.8 Å². The Morgan fingerprint density at radius 3 is 2.61 bits per heavy atom. The maximum atomic E-state index is 12.9. The van der Waals surface area contributed by atoms with Gasteiger partial charge in [0.15, 0.2) is 0 Å². The molecule has 2 saturated carbocycles. The van der Waals surface area contributed by atoms with Crippen molar-refractivity contribution in [2.75, 3.05) is 6.54 Å². The molecule has 6 nitrogen and oxygen atoms in total. The third-order valence-electron chi connectivity index (χ3n) is 5.28. The van der Waals surface area contributed by atoms with Crippen LogP contribution in [0, 0.1) is 11.8 Å². The molecule has 3 rings (SSSR count). The molecule has 6 heteroatoms. The van der Waals surface area contributed by atoms with Crippen molar-refractivity contribution in [1.29, 1.82) is 0 Å².